The maximum absolute atomic E-state index is 9.64. The first-order valence-electron chi connectivity index (χ1n) is 3.76. The summed E-state index contributed by atoms with van der Waals surface area (Å²) < 4.78 is 4.18. The fourth-order valence-corrected chi connectivity index (χ4v) is 0.356. The number of carbonyl (C=O) groups is 3. The maximum atomic E-state index is 9.64. The predicted molar refractivity (Wildman–Crippen MR) is 45.7 cm³/mol. The second-order valence-corrected chi connectivity index (χ2v) is 2.04. The summed E-state index contributed by atoms with van der Waals surface area (Å²) in [6.45, 7) is 2.06. The number of nitrogens with two attached hydrogens (primary N) is 1. The molecule has 0 unspecified atom stereocenters. The zero-order valence-electron chi connectivity index (χ0n) is 7.73. The summed E-state index contributed by atoms with van der Waals surface area (Å²) >= 11 is 0. The third-order valence-electron chi connectivity index (χ3n) is 0.839. The van der Waals surface area contributed by atoms with Gasteiger partial charge in [-0.3, -0.25) is 9.59 Å². The van der Waals surface area contributed by atoms with E-state index in [-0.39, 0.29) is 12.8 Å². The molecule has 7 nitrogen and oxygen atoms in total. The lowest BCUT2D eigenvalue weighted by molar-refractivity contribution is -0.143. The predicted octanol–water partition coefficient (Wildman–Crippen LogP) is 0.0374. The molecule has 0 radical (unpaired) electrons. The Balaban J connectivity index is 0. The quantitative estimate of drug-likeness (QED) is 0.597. The lowest BCUT2D eigenvalue weighted by atomic mass is 10.3. The molecular formula is C7H13NO6. The molecule has 0 rings (SSSR count). The second-order valence-electron chi connectivity index (χ2n) is 2.04. The number of ether oxygens (including phenoxy) is 1. The van der Waals surface area contributed by atoms with Gasteiger partial charge in [0.15, 0.2) is 0 Å². The summed E-state index contributed by atoms with van der Waals surface area (Å²) in [7, 11) is 0. The Morgan fingerprint density at radius 2 is 1.50 bits per heavy atom. The summed E-state index contributed by atoms with van der Waals surface area (Å²) in [5, 5.41) is 15.8. The zero-order chi connectivity index (χ0) is 11.6. The first-order valence-corrected chi connectivity index (χ1v) is 3.76. The van der Waals surface area contributed by atoms with Gasteiger partial charge >= 0.3 is 18.0 Å². The van der Waals surface area contributed by atoms with Crippen molar-refractivity contribution >= 4 is 18.0 Å². The van der Waals surface area contributed by atoms with E-state index >= 15 is 0 Å². The molecule has 0 aromatic heterocycles. The molecule has 0 saturated heterocycles. The fourth-order valence-electron chi connectivity index (χ4n) is 0.356. The van der Waals surface area contributed by atoms with Crippen LogP contribution >= 0.6 is 0 Å². The largest absolute Gasteiger partial charge is 0.481 e. The highest BCUT2D eigenvalue weighted by Gasteiger charge is 2.00. The van der Waals surface area contributed by atoms with E-state index in [0.29, 0.717) is 6.61 Å². The first-order chi connectivity index (χ1) is 6.40. The molecule has 0 heterocycles. The van der Waals surface area contributed by atoms with Crippen LogP contribution < -0.4 is 5.73 Å². The van der Waals surface area contributed by atoms with Gasteiger partial charge in [0.05, 0.1) is 19.4 Å². The number of carboxylic acid groups (broad SMARTS) is 2. The molecule has 0 atom stereocenters. The van der Waals surface area contributed by atoms with Crippen molar-refractivity contribution in [2.24, 2.45) is 5.73 Å². The van der Waals surface area contributed by atoms with Crippen LogP contribution in [0.2, 0.25) is 0 Å². The van der Waals surface area contributed by atoms with E-state index in [0.717, 1.165) is 0 Å². The van der Waals surface area contributed by atoms with E-state index < -0.39 is 18.0 Å². The Kier molecular flexibility index (Phi) is 9.78. The lowest BCUT2D eigenvalue weighted by Crippen LogP contribution is -2.11. The van der Waals surface area contributed by atoms with Crippen molar-refractivity contribution < 1.29 is 29.3 Å². The monoisotopic (exact) mass is 207 g/mol. The van der Waals surface area contributed by atoms with E-state index in [1.54, 1.807) is 6.92 Å². The summed E-state index contributed by atoms with van der Waals surface area (Å²) in [6, 6.07) is 0. The van der Waals surface area contributed by atoms with Gasteiger partial charge in [0.2, 0.25) is 0 Å². The van der Waals surface area contributed by atoms with Gasteiger partial charge in [-0.05, 0) is 6.92 Å². The average Bonchev–Trinajstić information content (AvgIpc) is 2.01. The number of hydrogen-bond acceptors (Lipinski definition) is 4. The van der Waals surface area contributed by atoms with Crippen molar-refractivity contribution in [3.05, 3.63) is 0 Å². The third kappa shape index (κ3) is 22.5. The number of hydrogen-bond donors (Lipinski definition) is 3. The minimum absolute atomic E-state index is 0.296. The Morgan fingerprint density at radius 1 is 1.14 bits per heavy atom. The fraction of sp³-hybridized carbons (Fsp3) is 0.571. The zero-order valence-corrected chi connectivity index (χ0v) is 7.73. The lowest BCUT2D eigenvalue weighted by Gasteiger charge is -1.89. The molecule has 0 aliphatic rings. The average molecular weight is 207 g/mol. The smallest absolute Gasteiger partial charge is 0.404 e. The van der Waals surface area contributed by atoms with E-state index in [1.165, 1.54) is 0 Å². The molecule has 0 aliphatic carbocycles. The molecule has 0 fully saturated rings. The van der Waals surface area contributed by atoms with Crippen LogP contribution in [0.1, 0.15) is 19.8 Å². The number of aliphatic carboxylic acids is 2. The van der Waals surface area contributed by atoms with Gasteiger partial charge in [-0.25, -0.2) is 4.79 Å². The molecule has 4 N–H and O–H groups in total. The van der Waals surface area contributed by atoms with Crippen molar-refractivity contribution in [2.45, 2.75) is 19.8 Å². The summed E-state index contributed by atoms with van der Waals surface area (Å²) in [4.78, 5) is 28.9. The molecule has 14 heavy (non-hydrogen) atoms. The van der Waals surface area contributed by atoms with Gasteiger partial charge in [-0.1, -0.05) is 0 Å². The summed E-state index contributed by atoms with van der Waals surface area (Å²) in [5.41, 5.74) is 4.54. The molecule has 0 saturated carbocycles. The first kappa shape index (κ1) is 14.7. The van der Waals surface area contributed by atoms with Crippen LogP contribution in [0, 0.1) is 0 Å². The van der Waals surface area contributed by atoms with E-state index in [1.807, 2.05) is 0 Å². The van der Waals surface area contributed by atoms with Gasteiger partial charge < -0.3 is 20.7 Å². The van der Waals surface area contributed by atoms with Crippen molar-refractivity contribution in [1.29, 1.82) is 0 Å². The van der Waals surface area contributed by atoms with Crippen LogP contribution in [0.5, 0.6) is 0 Å². The Hall–Kier alpha value is -1.79. The Bertz CT molecular complexity index is 188. The van der Waals surface area contributed by atoms with Crippen molar-refractivity contribution in [3.63, 3.8) is 0 Å². The van der Waals surface area contributed by atoms with Crippen LogP contribution in [-0.2, 0) is 14.3 Å². The number of carbonyl (C=O) groups excluding carboxylic acids is 1. The van der Waals surface area contributed by atoms with Crippen LogP contribution in [0.25, 0.3) is 0 Å². The van der Waals surface area contributed by atoms with E-state index in [2.05, 4.69) is 10.5 Å². The van der Waals surface area contributed by atoms with Gasteiger partial charge in [0.25, 0.3) is 0 Å². The molecule has 0 spiro atoms. The van der Waals surface area contributed by atoms with Crippen molar-refractivity contribution in [2.75, 3.05) is 6.61 Å². The molecule has 82 valence electrons. The second kappa shape index (κ2) is 9.30. The van der Waals surface area contributed by atoms with Gasteiger partial charge in [0, 0.05) is 0 Å². The van der Waals surface area contributed by atoms with Gasteiger partial charge in [-0.15, -0.1) is 0 Å². The number of amides is 1. The van der Waals surface area contributed by atoms with Crippen LogP contribution in [-0.4, -0.2) is 34.9 Å². The molecule has 0 bridgehead atoms. The topological polar surface area (TPSA) is 127 Å². The van der Waals surface area contributed by atoms with E-state index in [4.69, 9.17) is 10.2 Å². The minimum Gasteiger partial charge on any atom is -0.481 e. The standard InChI is InChI=1S/C4H6O4.C3H7NO2/c5-3(6)1-2-4(7)8;1-2-6-3(4)5/h1-2H2,(H,5,6)(H,7,8);2H2,1H3,(H2,4,5). The minimum atomic E-state index is -1.08. The summed E-state index contributed by atoms with van der Waals surface area (Å²) in [6.07, 6.45) is -1.30. The number of primary amides is 1. The molecule has 1 amide bonds. The van der Waals surface area contributed by atoms with Crippen LogP contribution in [0.3, 0.4) is 0 Å². The Morgan fingerprint density at radius 3 is 1.57 bits per heavy atom. The molecule has 0 aliphatic heterocycles. The van der Waals surface area contributed by atoms with E-state index in [9.17, 15) is 14.4 Å². The molecule has 7 heteroatoms. The van der Waals surface area contributed by atoms with Gasteiger partial charge in [-0.2, -0.15) is 0 Å². The SMILES string of the molecule is CCOC(N)=O.O=C(O)CCC(=O)O. The van der Waals surface area contributed by atoms with Gasteiger partial charge in [0.1, 0.15) is 0 Å². The highest BCUT2D eigenvalue weighted by molar-refractivity contribution is 5.75. The normalized spacial score (nSPS) is 8.07. The molecule has 0 aromatic carbocycles. The highest BCUT2D eigenvalue weighted by atomic mass is 16.5. The van der Waals surface area contributed by atoms with Crippen LogP contribution in [0.15, 0.2) is 0 Å². The Labute approximate surface area is 80.5 Å². The van der Waals surface area contributed by atoms with Crippen molar-refractivity contribution in [3.8, 4) is 0 Å². The van der Waals surface area contributed by atoms with Crippen molar-refractivity contribution in [1.82, 2.24) is 0 Å². The molecule has 0 aromatic rings. The van der Waals surface area contributed by atoms with Crippen LogP contribution in [0.4, 0.5) is 4.79 Å². The third-order valence-corrected chi connectivity index (χ3v) is 0.839. The maximum Gasteiger partial charge on any atom is 0.404 e. The number of rotatable bonds is 4. The number of carboxylic acids is 2. The summed E-state index contributed by atoms with van der Waals surface area (Å²) in [5.74, 6) is -2.15. The highest BCUT2D eigenvalue weighted by Crippen LogP contribution is 1.86. The molecular weight excluding hydrogens is 194 g/mol.